The zero-order chi connectivity index (χ0) is 15.4. The van der Waals surface area contributed by atoms with Gasteiger partial charge in [-0.1, -0.05) is 12.8 Å². The summed E-state index contributed by atoms with van der Waals surface area (Å²) in [5, 5.41) is 0.243. The Morgan fingerprint density at radius 1 is 1.29 bits per heavy atom. The van der Waals surface area contributed by atoms with Crippen LogP contribution in [0.5, 0.6) is 0 Å². The first kappa shape index (κ1) is 14.1. The summed E-state index contributed by atoms with van der Waals surface area (Å²) >= 11 is 1.04. The molecule has 1 aromatic heterocycles. The lowest BCUT2D eigenvalue weighted by atomic mass is 9.69. The standard InChI is InChI=1S/C14H17N3O3S/c15-11(19)8-7-3-4-14(13(17)20,5-6-1-2-6)10(18)9(7)21-12(8)16/h6H,1-5,16H2,(H2,15,19)(H2,17,20). The van der Waals surface area contributed by atoms with Crippen LogP contribution in [0.2, 0.25) is 0 Å². The summed E-state index contributed by atoms with van der Waals surface area (Å²) < 4.78 is 0. The lowest BCUT2D eigenvalue weighted by Gasteiger charge is -2.32. The Kier molecular flexibility index (Phi) is 3.05. The van der Waals surface area contributed by atoms with Crippen molar-refractivity contribution in [1.29, 1.82) is 0 Å². The number of primary amides is 2. The van der Waals surface area contributed by atoms with E-state index in [1.165, 1.54) is 0 Å². The third-order valence-corrected chi connectivity index (χ3v) is 5.59. The highest BCUT2D eigenvalue weighted by atomic mass is 32.1. The molecule has 0 spiro atoms. The van der Waals surface area contributed by atoms with Crippen LogP contribution in [0.4, 0.5) is 5.00 Å². The molecule has 21 heavy (non-hydrogen) atoms. The zero-order valence-corrected chi connectivity index (χ0v) is 12.3. The van der Waals surface area contributed by atoms with Gasteiger partial charge < -0.3 is 17.2 Å². The normalized spacial score (nSPS) is 24.7. The highest BCUT2D eigenvalue weighted by Gasteiger charge is 2.51. The second-order valence-corrected chi connectivity index (χ2v) is 6.99. The molecule has 1 unspecified atom stereocenters. The van der Waals surface area contributed by atoms with E-state index < -0.39 is 17.2 Å². The number of ketones is 1. The van der Waals surface area contributed by atoms with Crippen LogP contribution in [0.1, 0.15) is 51.3 Å². The molecule has 1 aromatic rings. The smallest absolute Gasteiger partial charge is 0.251 e. The van der Waals surface area contributed by atoms with Crippen molar-refractivity contribution in [2.75, 3.05) is 5.73 Å². The van der Waals surface area contributed by atoms with E-state index in [0.29, 0.717) is 35.6 Å². The van der Waals surface area contributed by atoms with E-state index in [1.54, 1.807) is 0 Å². The van der Waals surface area contributed by atoms with Gasteiger partial charge in [-0.25, -0.2) is 0 Å². The Labute approximate surface area is 125 Å². The molecule has 6 N–H and O–H groups in total. The predicted molar refractivity (Wildman–Crippen MR) is 78.9 cm³/mol. The van der Waals surface area contributed by atoms with Crippen molar-refractivity contribution in [3.05, 3.63) is 16.0 Å². The van der Waals surface area contributed by atoms with Crippen LogP contribution >= 0.6 is 11.3 Å². The third kappa shape index (κ3) is 2.03. The average Bonchev–Trinajstić information content (AvgIpc) is 3.13. The number of hydrogen-bond donors (Lipinski definition) is 3. The monoisotopic (exact) mass is 307 g/mol. The van der Waals surface area contributed by atoms with Gasteiger partial charge in [0.05, 0.1) is 15.4 Å². The van der Waals surface area contributed by atoms with E-state index in [1.807, 2.05) is 0 Å². The van der Waals surface area contributed by atoms with Crippen LogP contribution in [-0.4, -0.2) is 17.6 Å². The molecule has 0 bridgehead atoms. The largest absolute Gasteiger partial charge is 0.390 e. The van der Waals surface area contributed by atoms with E-state index in [-0.39, 0.29) is 16.3 Å². The molecule has 1 atom stereocenters. The number of carbonyl (C=O) groups excluding carboxylic acids is 3. The van der Waals surface area contributed by atoms with Crippen LogP contribution in [0.3, 0.4) is 0 Å². The van der Waals surface area contributed by atoms with Gasteiger partial charge in [0.1, 0.15) is 5.41 Å². The number of amides is 2. The predicted octanol–water partition coefficient (Wildman–Crippen LogP) is 0.830. The van der Waals surface area contributed by atoms with Crippen LogP contribution < -0.4 is 17.2 Å². The molecule has 1 heterocycles. The summed E-state index contributed by atoms with van der Waals surface area (Å²) in [6.45, 7) is 0. The summed E-state index contributed by atoms with van der Waals surface area (Å²) in [5.74, 6) is -1.09. The first-order chi connectivity index (χ1) is 9.86. The maximum Gasteiger partial charge on any atom is 0.251 e. The molecule has 1 saturated carbocycles. The molecule has 2 aliphatic rings. The Hall–Kier alpha value is -1.89. The van der Waals surface area contributed by atoms with Gasteiger partial charge in [-0.3, -0.25) is 14.4 Å². The second kappa shape index (κ2) is 4.56. The number of Topliss-reactive ketones (excluding diaryl/α,β-unsaturated/α-hetero) is 1. The maximum absolute atomic E-state index is 12.8. The van der Waals surface area contributed by atoms with Crippen LogP contribution in [0, 0.1) is 11.3 Å². The van der Waals surface area contributed by atoms with Gasteiger partial charge in [-0.05, 0) is 30.7 Å². The minimum Gasteiger partial charge on any atom is -0.390 e. The van der Waals surface area contributed by atoms with Gasteiger partial charge in [0, 0.05) is 0 Å². The van der Waals surface area contributed by atoms with Crippen molar-refractivity contribution >= 4 is 33.9 Å². The minimum absolute atomic E-state index is 0.229. The zero-order valence-electron chi connectivity index (χ0n) is 11.5. The molecule has 2 aliphatic carbocycles. The van der Waals surface area contributed by atoms with Crippen molar-refractivity contribution in [2.45, 2.75) is 32.1 Å². The molecule has 6 nitrogen and oxygen atoms in total. The molecule has 0 aromatic carbocycles. The number of thiophene rings is 1. The fourth-order valence-electron chi connectivity index (χ4n) is 3.19. The number of rotatable bonds is 4. The van der Waals surface area contributed by atoms with Crippen molar-refractivity contribution in [3.63, 3.8) is 0 Å². The van der Waals surface area contributed by atoms with E-state index in [0.717, 1.165) is 24.2 Å². The van der Waals surface area contributed by atoms with Gasteiger partial charge in [0.2, 0.25) is 5.91 Å². The van der Waals surface area contributed by atoms with Crippen molar-refractivity contribution in [1.82, 2.24) is 0 Å². The second-order valence-electron chi connectivity index (χ2n) is 5.94. The molecule has 2 amide bonds. The van der Waals surface area contributed by atoms with Crippen LogP contribution in [0.25, 0.3) is 0 Å². The molecule has 0 aliphatic heterocycles. The highest BCUT2D eigenvalue weighted by molar-refractivity contribution is 7.18. The van der Waals surface area contributed by atoms with Crippen LogP contribution in [-0.2, 0) is 11.2 Å². The Morgan fingerprint density at radius 3 is 2.48 bits per heavy atom. The number of carbonyl (C=O) groups is 3. The Morgan fingerprint density at radius 2 is 1.95 bits per heavy atom. The lowest BCUT2D eigenvalue weighted by molar-refractivity contribution is -0.126. The molecule has 112 valence electrons. The van der Waals surface area contributed by atoms with Crippen LogP contribution in [0.15, 0.2) is 0 Å². The van der Waals surface area contributed by atoms with E-state index >= 15 is 0 Å². The van der Waals surface area contributed by atoms with E-state index in [2.05, 4.69) is 0 Å². The van der Waals surface area contributed by atoms with Gasteiger partial charge in [-0.15, -0.1) is 11.3 Å². The van der Waals surface area contributed by atoms with E-state index in [4.69, 9.17) is 17.2 Å². The molecule has 1 fully saturated rings. The van der Waals surface area contributed by atoms with Gasteiger partial charge in [0.25, 0.3) is 5.91 Å². The molecular weight excluding hydrogens is 290 g/mol. The first-order valence-electron chi connectivity index (χ1n) is 6.92. The maximum atomic E-state index is 12.8. The highest BCUT2D eigenvalue weighted by Crippen LogP contribution is 2.49. The molecule has 0 saturated heterocycles. The SMILES string of the molecule is NC(=O)c1c(N)sc2c1CCC(CC1CC1)(C(N)=O)C2=O. The van der Waals surface area contributed by atoms with Crippen molar-refractivity contribution in [2.24, 2.45) is 22.8 Å². The Bertz CT molecular complexity index is 663. The summed E-state index contributed by atoms with van der Waals surface area (Å²) in [5.41, 5.74) is 16.4. The van der Waals surface area contributed by atoms with Gasteiger partial charge in [0.15, 0.2) is 5.78 Å². The molecule has 0 radical (unpaired) electrons. The topological polar surface area (TPSA) is 129 Å². The summed E-state index contributed by atoms with van der Waals surface area (Å²) in [6, 6.07) is 0. The molecule has 3 rings (SSSR count). The first-order valence-corrected chi connectivity index (χ1v) is 7.74. The molecule has 7 heteroatoms. The number of nitrogens with two attached hydrogens (primary N) is 3. The lowest BCUT2D eigenvalue weighted by Crippen LogP contribution is -2.47. The fraction of sp³-hybridized carbons (Fsp3) is 0.500. The summed E-state index contributed by atoms with van der Waals surface area (Å²) in [4.78, 5) is 36.7. The minimum atomic E-state index is -1.14. The molecular formula is C14H17N3O3S. The van der Waals surface area contributed by atoms with Gasteiger partial charge in [-0.2, -0.15) is 0 Å². The van der Waals surface area contributed by atoms with Gasteiger partial charge >= 0.3 is 0 Å². The quantitative estimate of drug-likeness (QED) is 0.711. The van der Waals surface area contributed by atoms with Crippen molar-refractivity contribution in [3.8, 4) is 0 Å². The average molecular weight is 307 g/mol. The van der Waals surface area contributed by atoms with Crippen molar-refractivity contribution < 1.29 is 14.4 Å². The summed E-state index contributed by atoms with van der Waals surface area (Å²) in [7, 11) is 0. The fourth-order valence-corrected chi connectivity index (χ4v) is 4.35. The van der Waals surface area contributed by atoms with E-state index in [9.17, 15) is 14.4 Å². The number of fused-ring (bicyclic) bond motifs is 1. The number of hydrogen-bond acceptors (Lipinski definition) is 5. The third-order valence-electron chi connectivity index (χ3n) is 4.53. The summed E-state index contributed by atoms with van der Waals surface area (Å²) in [6.07, 6.45) is 3.34. The number of anilines is 1. The number of nitrogen functional groups attached to an aromatic ring is 1. The Balaban J connectivity index is 2.07.